The third kappa shape index (κ3) is 6.30. The molecule has 0 bridgehead atoms. The average molecular weight is 471 g/mol. The van der Waals surface area contributed by atoms with Crippen molar-refractivity contribution in [2.24, 2.45) is 0 Å². The monoisotopic (exact) mass is 468 g/mol. The molecule has 3 unspecified atom stereocenters. The first kappa shape index (κ1) is 23.1. The van der Waals surface area contributed by atoms with Crippen molar-refractivity contribution in [2.75, 3.05) is 12.4 Å². The van der Waals surface area contributed by atoms with Gasteiger partial charge >= 0.3 is 6.09 Å². The Labute approximate surface area is 178 Å². The summed E-state index contributed by atoms with van der Waals surface area (Å²) in [5, 5.41) is 4.37. The summed E-state index contributed by atoms with van der Waals surface area (Å²) in [6.07, 6.45) is 2.19. The second-order valence-corrected chi connectivity index (χ2v) is 7.97. The van der Waals surface area contributed by atoms with Crippen LogP contribution in [-0.4, -0.2) is 40.5 Å². The van der Waals surface area contributed by atoms with Crippen LogP contribution in [0.4, 0.5) is 10.5 Å². The van der Waals surface area contributed by atoms with Gasteiger partial charge < -0.3 is 15.0 Å². The van der Waals surface area contributed by atoms with Crippen molar-refractivity contribution >= 4 is 82.2 Å². The third-order valence-corrected chi connectivity index (χ3v) is 5.74. The van der Waals surface area contributed by atoms with Crippen LogP contribution in [0.25, 0.3) is 0 Å². The molecule has 1 aromatic carbocycles. The first-order valence-electron chi connectivity index (χ1n) is 7.37. The zero-order valence-electron chi connectivity index (χ0n) is 13.2. The minimum absolute atomic E-state index is 0. The molecule has 3 atom stereocenters. The highest BCUT2D eigenvalue weighted by molar-refractivity contribution is 6.48. The first-order chi connectivity index (χ1) is 11.3. The van der Waals surface area contributed by atoms with Crippen molar-refractivity contribution < 1.29 is 9.53 Å². The van der Waals surface area contributed by atoms with Gasteiger partial charge in [-0.2, -0.15) is 0 Å². The molecule has 1 aromatic rings. The van der Waals surface area contributed by atoms with Gasteiger partial charge in [0.2, 0.25) is 5.56 Å². The molecule has 1 N–H and O–H groups in total. The molecule has 142 valence electrons. The van der Waals surface area contributed by atoms with Gasteiger partial charge in [0, 0.05) is 18.8 Å². The van der Waals surface area contributed by atoms with Crippen molar-refractivity contribution in [2.45, 2.75) is 41.7 Å². The molecule has 0 heterocycles. The van der Waals surface area contributed by atoms with Gasteiger partial charge in [-0.1, -0.05) is 58.0 Å². The maximum absolute atomic E-state index is 12.2. The summed E-state index contributed by atoms with van der Waals surface area (Å²) in [6.45, 7) is 0. The number of benzene rings is 1. The van der Waals surface area contributed by atoms with Crippen LogP contribution in [0.2, 0.25) is 10.0 Å². The fraction of sp³-hybridized carbons (Fsp3) is 0.533. The summed E-state index contributed by atoms with van der Waals surface area (Å²) in [5.41, 5.74) is -0.244. The second-order valence-electron chi connectivity index (χ2n) is 5.56. The van der Waals surface area contributed by atoms with Crippen LogP contribution < -0.4 is 5.32 Å². The lowest BCUT2D eigenvalue weighted by Gasteiger charge is -2.31. The normalized spacial score (nSPS) is 20.8. The Morgan fingerprint density at radius 2 is 1.92 bits per heavy atom. The van der Waals surface area contributed by atoms with Crippen molar-refractivity contribution in [3.8, 4) is 0 Å². The second kappa shape index (κ2) is 10.4. The van der Waals surface area contributed by atoms with Gasteiger partial charge in [0.1, 0.15) is 0 Å². The molecule has 0 radical (unpaired) electrons. The van der Waals surface area contributed by atoms with E-state index in [2.05, 4.69) is 5.32 Å². The number of carbonyl (C=O) groups is 1. The molecule has 0 aliphatic heterocycles. The van der Waals surface area contributed by atoms with E-state index in [0.29, 0.717) is 10.0 Å². The number of anilines is 1. The number of ether oxygens (including phenoxy) is 1. The summed E-state index contributed by atoms with van der Waals surface area (Å²) >= 11 is 29.0. The molecule has 1 saturated carbocycles. The van der Waals surface area contributed by atoms with E-state index in [4.69, 9.17) is 62.7 Å². The van der Waals surface area contributed by atoms with Crippen molar-refractivity contribution in [1.82, 2.24) is 4.90 Å². The molecular formula is C15H18Cl6N2O2. The number of carbonyl (C=O) groups excluding carboxylic acids is 1. The molecule has 25 heavy (non-hydrogen) atoms. The van der Waals surface area contributed by atoms with Crippen LogP contribution in [0.1, 0.15) is 19.3 Å². The van der Waals surface area contributed by atoms with Crippen molar-refractivity contribution in [3.05, 3.63) is 28.2 Å². The molecule has 0 spiro atoms. The predicted octanol–water partition coefficient (Wildman–Crippen LogP) is 6.19. The van der Waals surface area contributed by atoms with Gasteiger partial charge in [0.05, 0.1) is 16.1 Å². The molecule has 0 saturated heterocycles. The third-order valence-electron chi connectivity index (χ3n) is 3.95. The number of nitrogens with one attached hydrogen (secondary N) is 1. The van der Waals surface area contributed by atoms with E-state index in [1.165, 1.54) is 4.90 Å². The zero-order valence-corrected chi connectivity index (χ0v) is 17.8. The minimum atomic E-state index is -1.09. The fourth-order valence-corrected chi connectivity index (χ4v) is 3.22. The van der Waals surface area contributed by atoms with E-state index in [0.717, 1.165) is 24.9 Å². The van der Waals surface area contributed by atoms with Crippen molar-refractivity contribution in [1.29, 1.82) is 0 Å². The average Bonchev–Trinajstić information content (AvgIpc) is 2.98. The molecule has 1 fully saturated rings. The van der Waals surface area contributed by atoms with E-state index >= 15 is 0 Å². The quantitative estimate of drug-likeness (QED) is 0.522. The molecule has 10 heteroatoms. The summed E-state index contributed by atoms with van der Waals surface area (Å²) in [6, 6.07) is 5.37. The number of rotatable bonds is 5. The molecule has 1 aliphatic carbocycles. The lowest BCUT2D eigenvalue weighted by Crippen LogP contribution is -2.45. The Balaban J connectivity index is 0.00000312. The fourth-order valence-electron chi connectivity index (χ4n) is 2.74. The van der Waals surface area contributed by atoms with Crippen molar-refractivity contribution in [3.63, 3.8) is 0 Å². The van der Waals surface area contributed by atoms with E-state index in [1.807, 2.05) is 6.07 Å². The van der Waals surface area contributed by atoms with Gasteiger partial charge in [-0.3, -0.25) is 0 Å². The van der Waals surface area contributed by atoms with E-state index in [1.54, 1.807) is 19.2 Å². The number of likely N-dealkylation sites (N-methyl/N-ethyl adjacent to an activating group) is 1. The van der Waals surface area contributed by atoms with Crippen LogP contribution in [0.15, 0.2) is 18.2 Å². The topological polar surface area (TPSA) is 41.6 Å². The van der Waals surface area contributed by atoms with Crippen LogP contribution >= 0.6 is 70.4 Å². The Hall–Kier alpha value is 0.0300. The molecular weight excluding hydrogens is 453 g/mol. The van der Waals surface area contributed by atoms with Crippen LogP contribution in [0.3, 0.4) is 0 Å². The molecule has 2 rings (SSSR count). The number of halogens is 6. The minimum Gasteiger partial charge on any atom is -0.427 e. The summed E-state index contributed by atoms with van der Waals surface area (Å²) in [7, 11) is 1.67. The van der Waals surface area contributed by atoms with Gasteiger partial charge in [0.25, 0.3) is 0 Å². The predicted molar refractivity (Wildman–Crippen MR) is 108 cm³/mol. The first-order valence-corrected chi connectivity index (χ1v) is 9.43. The maximum atomic E-state index is 12.2. The van der Waals surface area contributed by atoms with E-state index < -0.39 is 16.5 Å². The number of nitrogens with zero attached hydrogens (tertiary/aromatic N) is 1. The lowest BCUT2D eigenvalue weighted by molar-refractivity contribution is 0.0884. The lowest BCUT2D eigenvalue weighted by atomic mass is 10.1. The smallest absolute Gasteiger partial charge is 0.411 e. The largest absolute Gasteiger partial charge is 0.427 e. The van der Waals surface area contributed by atoms with Crippen LogP contribution in [0, 0.1) is 0 Å². The van der Waals surface area contributed by atoms with Crippen LogP contribution in [-0.2, 0) is 4.74 Å². The van der Waals surface area contributed by atoms with Gasteiger partial charge in [-0.25, -0.2) is 4.79 Å². The number of amides is 1. The molecule has 4 nitrogen and oxygen atoms in total. The Morgan fingerprint density at radius 1 is 1.24 bits per heavy atom. The highest BCUT2D eigenvalue weighted by atomic mass is 35.5. The SMILES string of the molecule is CN(C(=O)OC(Cl)C(Cl)Cl)C1CCCC1Nc1ccc(Cl)c(Cl)c1.Cl. The molecule has 0 aromatic heterocycles. The Bertz CT molecular complexity index is 589. The van der Waals surface area contributed by atoms with Gasteiger partial charge in [0.15, 0.2) is 4.84 Å². The number of hydrogen-bond acceptors (Lipinski definition) is 3. The van der Waals surface area contributed by atoms with E-state index in [-0.39, 0.29) is 24.5 Å². The Kier molecular flexibility index (Phi) is 9.58. The summed E-state index contributed by atoms with van der Waals surface area (Å²) in [4.78, 5) is 12.7. The van der Waals surface area contributed by atoms with Crippen LogP contribution in [0.5, 0.6) is 0 Å². The molecule has 1 aliphatic rings. The Morgan fingerprint density at radius 3 is 2.52 bits per heavy atom. The number of hydrogen-bond donors (Lipinski definition) is 1. The van der Waals surface area contributed by atoms with E-state index in [9.17, 15) is 4.79 Å². The standard InChI is InChI=1S/C15H17Cl5N2O2.ClH/c1-22(15(23)24-14(20)13(18)19)12-4-2-3-11(12)21-8-5-6-9(16)10(17)7-8;/h5-7,11-14,21H,2-4H2,1H3;1H. The summed E-state index contributed by atoms with van der Waals surface area (Å²) in [5.74, 6) is 0. The highest BCUT2D eigenvalue weighted by Gasteiger charge is 2.34. The highest BCUT2D eigenvalue weighted by Crippen LogP contribution is 2.30. The molecule has 1 amide bonds. The zero-order chi connectivity index (χ0) is 17.9. The van der Waals surface area contributed by atoms with Gasteiger partial charge in [-0.15, -0.1) is 12.4 Å². The maximum Gasteiger partial charge on any atom is 0.411 e. The number of alkyl halides is 3. The summed E-state index contributed by atoms with van der Waals surface area (Å²) < 4.78 is 5.04. The van der Waals surface area contributed by atoms with Gasteiger partial charge in [-0.05, 0) is 37.5 Å².